The Bertz CT molecular complexity index is 332. The van der Waals surface area contributed by atoms with Gasteiger partial charge in [-0.25, -0.2) is 4.98 Å². The summed E-state index contributed by atoms with van der Waals surface area (Å²) >= 11 is 0. The van der Waals surface area contributed by atoms with Gasteiger partial charge in [0.25, 0.3) is 0 Å². The predicted octanol–water partition coefficient (Wildman–Crippen LogP) is 2.71. The van der Waals surface area contributed by atoms with Gasteiger partial charge in [0.1, 0.15) is 5.52 Å². The second kappa shape index (κ2) is 4.54. The molecule has 68 valence electrons. The van der Waals surface area contributed by atoms with Crippen molar-refractivity contribution in [3.05, 3.63) is 30.7 Å². The predicted molar refractivity (Wildman–Crippen MR) is 43.1 cm³/mol. The molecule has 0 atom stereocenters. The minimum atomic E-state index is -3.67. The Hall–Kier alpha value is -1.46. The Morgan fingerprint density at radius 2 is 1.77 bits per heavy atom. The molecule has 0 aliphatic rings. The smallest absolute Gasteiger partial charge is 0.443 e. The lowest BCUT2D eigenvalue weighted by Gasteiger charge is -1.79. The average molecular weight is 187 g/mol. The minimum absolute atomic E-state index is 0.845. The summed E-state index contributed by atoms with van der Waals surface area (Å²) in [6.07, 6.45) is 1.45. The molecular formula is C7H5BF3NO. The molecule has 0 N–H and O–H groups in total. The molecule has 0 fully saturated rings. The van der Waals surface area contributed by atoms with Crippen molar-refractivity contribution in [1.82, 2.24) is 4.98 Å². The van der Waals surface area contributed by atoms with Crippen LogP contribution >= 0.6 is 0 Å². The number of hydrogen-bond acceptors (Lipinski definition) is 2. The van der Waals surface area contributed by atoms with Crippen molar-refractivity contribution < 1.29 is 17.4 Å². The lowest BCUT2D eigenvalue weighted by molar-refractivity contribution is 0.535. The summed E-state index contributed by atoms with van der Waals surface area (Å²) in [5, 5.41) is 0. The van der Waals surface area contributed by atoms with Gasteiger partial charge in [0.05, 0.1) is 0 Å². The fraction of sp³-hybridized carbons (Fsp3) is 0. The van der Waals surface area contributed by atoms with Crippen LogP contribution in [-0.2, 0) is 0 Å². The van der Waals surface area contributed by atoms with Crippen LogP contribution in [0, 0.1) is 0 Å². The van der Waals surface area contributed by atoms with Crippen LogP contribution in [0.1, 0.15) is 0 Å². The van der Waals surface area contributed by atoms with Crippen LogP contribution in [0.4, 0.5) is 12.9 Å². The fourth-order valence-corrected chi connectivity index (χ4v) is 0.803. The molecule has 0 saturated carbocycles. The fourth-order valence-electron chi connectivity index (χ4n) is 0.803. The van der Waals surface area contributed by atoms with Crippen molar-refractivity contribution in [3.63, 3.8) is 0 Å². The maximum absolute atomic E-state index is 9.67. The molecular weight excluding hydrogens is 182 g/mol. The first kappa shape index (κ1) is 9.63. The van der Waals surface area contributed by atoms with Crippen molar-refractivity contribution in [1.29, 1.82) is 0 Å². The van der Waals surface area contributed by atoms with E-state index in [2.05, 4.69) is 4.98 Å². The first-order valence-electron chi connectivity index (χ1n) is 3.40. The SMILES string of the molecule is FB(F)F.c1ccc2ocnc2c1. The summed E-state index contributed by atoms with van der Waals surface area (Å²) in [6.45, 7) is 0. The van der Waals surface area contributed by atoms with Gasteiger partial charge in [-0.1, -0.05) is 12.1 Å². The van der Waals surface area contributed by atoms with Crippen molar-refractivity contribution in [2.75, 3.05) is 0 Å². The van der Waals surface area contributed by atoms with Gasteiger partial charge < -0.3 is 4.42 Å². The molecule has 2 aromatic rings. The Kier molecular flexibility index (Phi) is 3.36. The van der Waals surface area contributed by atoms with E-state index in [1.807, 2.05) is 24.3 Å². The Morgan fingerprint density at radius 3 is 2.38 bits per heavy atom. The van der Waals surface area contributed by atoms with Gasteiger partial charge in [-0.3, -0.25) is 12.9 Å². The highest BCUT2D eigenvalue weighted by Crippen LogP contribution is 2.09. The monoisotopic (exact) mass is 187 g/mol. The number of para-hydroxylation sites is 2. The third-order valence-corrected chi connectivity index (χ3v) is 1.24. The van der Waals surface area contributed by atoms with Crippen LogP contribution in [0.15, 0.2) is 35.1 Å². The van der Waals surface area contributed by atoms with Crippen LogP contribution in [0.3, 0.4) is 0 Å². The molecule has 0 aliphatic carbocycles. The number of fused-ring (bicyclic) bond motifs is 1. The standard InChI is InChI=1S/C7H5NO.BF3/c1-2-4-7-6(3-1)8-5-9-7;2-1(3)4/h1-5H;. The zero-order valence-electron chi connectivity index (χ0n) is 6.45. The summed E-state index contributed by atoms with van der Waals surface area (Å²) in [5.41, 5.74) is 1.76. The normalized spacial score (nSPS) is 9.15. The summed E-state index contributed by atoms with van der Waals surface area (Å²) in [7, 11) is -3.67. The molecule has 13 heavy (non-hydrogen) atoms. The second-order valence-corrected chi connectivity index (χ2v) is 2.07. The van der Waals surface area contributed by atoms with E-state index < -0.39 is 7.54 Å². The van der Waals surface area contributed by atoms with E-state index in [-0.39, 0.29) is 0 Å². The zero-order chi connectivity index (χ0) is 9.68. The number of nitrogens with zero attached hydrogens (tertiary/aromatic N) is 1. The van der Waals surface area contributed by atoms with E-state index in [9.17, 15) is 12.9 Å². The third kappa shape index (κ3) is 3.19. The molecule has 2 rings (SSSR count). The average Bonchev–Trinajstić information content (AvgIpc) is 2.49. The van der Waals surface area contributed by atoms with E-state index >= 15 is 0 Å². The molecule has 0 amide bonds. The third-order valence-electron chi connectivity index (χ3n) is 1.24. The van der Waals surface area contributed by atoms with Gasteiger partial charge in [-0.2, -0.15) is 0 Å². The topological polar surface area (TPSA) is 26.0 Å². The number of aromatic nitrogens is 1. The van der Waals surface area contributed by atoms with Crippen molar-refractivity contribution in [2.45, 2.75) is 0 Å². The van der Waals surface area contributed by atoms with E-state index in [1.54, 1.807) is 0 Å². The van der Waals surface area contributed by atoms with E-state index in [4.69, 9.17) is 4.42 Å². The van der Waals surface area contributed by atoms with Crippen LogP contribution in [0.25, 0.3) is 11.1 Å². The first-order valence-corrected chi connectivity index (χ1v) is 3.40. The molecule has 0 unspecified atom stereocenters. The van der Waals surface area contributed by atoms with Gasteiger partial charge in [0.15, 0.2) is 12.0 Å². The largest absolute Gasteiger partial charge is 0.762 e. The zero-order valence-corrected chi connectivity index (χ0v) is 6.45. The molecule has 1 aromatic carbocycles. The molecule has 0 saturated heterocycles. The van der Waals surface area contributed by atoms with Crippen LogP contribution in [0.5, 0.6) is 0 Å². The number of rotatable bonds is 0. The molecule has 1 heterocycles. The number of halogens is 3. The highest BCUT2D eigenvalue weighted by atomic mass is 19.4. The van der Waals surface area contributed by atoms with E-state index in [1.165, 1.54) is 6.39 Å². The molecule has 0 bridgehead atoms. The van der Waals surface area contributed by atoms with Crippen LogP contribution < -0.4 is 0 Å². The van der Waals surface area contributed by atoms with Gasteiger partial charge in [0.2, 0.25) is 0 Å². The number of hydrogen-bond donors (Lipinski definition) is 0. The highest BCUT2D eigenvalue weighted by Gasteiger charge is 2.06. The van der Waals surface area contributed by atoms with Gasteiger partial charge in [-0.05, 0) is 12.1 Å². The van der Waals surface area contributed by atoms with Crippen LogP contribution in [0.2, 0.25) is 0 Å². The Balaban J connectivity index is 0.000000184. The maximum Gasteiger partial charge on any atom is 0.762 e. The van der Waals surface area contributed by atoms with Gasteiger partial charge in [-0.15, -0.1) is 0 Å². The van der Waals surface area contributed by atoms with Gasteiger partial charge >= 0.3 is 7.54 Å². The minimum Gasteiger partial charge on any atom is -0.443 e. The highest BCUT2D eigenvalue weighted by molar-refractivity contribution is 6.33. The molecule has 0 spiro atoms. The number of oxazole rings is 1. The quantitative estimate of drug-likeness (QED) is 0.592. The van der Waals surface area contributed by atoms with Crippen LogP contribution in [-0.4, -0.2) is 12.5 Å². The summed E-state index contributed by atoms with van der Waals surface area (Å²) in [5.74, 6) is 0. The number of benzene rings is 1. The van der Waals surface area contributed by atoms with Crippen molar-refractivity contribution in [3.8, 4) is 0 Å². The second-order valence-electron chi connectivity index (χ2n) is 2.07. The molecule has 1 aromatic heterocycles. The Labute approximate surface area is 72.6 Å². The van der Waals surface area contributed by atoms with Crippen molar-refractivity contribution >= 4 is 18.6 Å². The molecule has 2 nitrogen and oxygen atoms in total. The summed E-state index contributed by atoms with van der Waals surface area (Å²) in [4.78, 5) is 3.95. The Morgan fingerprint density at radius 1 is 1.15 bits per heavy atom. The summed E-state index contributed by atoms with van der Waals surface area (Å²) < 4.78 is 34.0. The molecule has 0 radical (unpaired) electrons. The van der Waals surface area contributed by atoms with E-state index in [0.29, 0.717) is 0 Å². The van der Waals surface area contributed by atoms with E-state index in [0.717, 1.165) is 11.1 Å². The van der Waals surface area contributed by atoms with Gasteiger partial charge in [0, 0.05) is 0 Å². The lowest BCUT2D eigenvalue weighted by Crippen LogP contribution is -1.76. The maximum atomic E-state index is 9.67. The first-order chi connectivity index (χ1) is 6.20. The molecule has 0 aliphatic heterocycles. The summed E-state index contributed by atoms with van der Waals surface area (Å²) in [6, 6.07) is 7.67. The lowest BCUT2D eigenvalue weighted by atomic mass is 10.3. The molecule has 6 heteroatoms. The van der Waals surface area contributed by atoms with Crippen molar-refractivity contribution in [2.24, 2.45) is 0 Å².